The molecule has 2 heterocycles. The van der Waals surface area contributed by atoms with Crippen molar-refractivity contribution in [2.45, 2.75) is 44.2 Å². The van der Waals surface area contributed by atoms with Crippen molar-refractivity contribution in [1.29, 1.82) is 0 Å². The normalized spacial score (nSPS) is 27.8. The summed E-state index contributed by atoms with van der Waals surface area (Å²) >= 11 is 0. The number of piperidine rings is 1. The molecule has 27 heavy (non-hydrogen) atoms. The summed E-state index contributed by atoms with van der Waals surface area (Å²) in [7, 11) is 1.69. The Morgan fingerprint density at radius 1 is 1.30 bits per heavy atom. The molecule has 3 N–H and O–H groups in total. The van der Waals surface area contributed by atoms with Crippen LogP contribution in [0.2, 0.25) is 0 Å². The molecule has 1 aliphatic carbocycles. The molecule has 1 saturated carbocycles. The van der Waals surface area contributed by atoms with Crippen LogP contribution in [0.1, 0.15) is 31.2 Å². The lowest BCUT2D eigenvalue weighted by Gasteiger charge is -2.43. The number of fused-ring (bicyclic) bond motifs is 2. The SMILES string of the molecule is COCC1CC(=O)NC2CC(NC(=O)Cc3c[nH]c4ccccc34)CCC12. The van der Waals surface area contributed by atoms with Gasteiger partial charge in [0.25, 0.3) is 0 Å². The van der Waals surface area contributed by atoms with E-state index in [1.165, 1.54) is 0 Å². The van der Waals surface area contributed by atoms with Crippen LogP contribution in [0.25, 0.3) is 10.9 Å². The van der Waals surface area contributed by atoms with Crippen LogP contribution in [-0.4, -0.2) is 42.6 Å². The molecule has 1 aromatic carbocycles. The highest BCUT2D eigenvalue weighted by Gasteiger charge is 2.40. The Morgan fingerprint density at radius 2 is 2.15 bits per heavy atom. The van der Waals surface area contributed by atoms with Crippen LogP contribution in [0.3, 0.4) is 0 Å². The summed E-state index contributed by atoms with van der Waals surface area (Å²) in [6.07, 6.45) is 5.60. The van der Waals surface area contributed by atoms with Crippen LogP contribution in [0.5, 0.6) is 0 Å². The first-order valence-electron chi connectivity index (χ1n) is 9.76. The molecular weight excluding hydrogens is 342 g/mol. The minimum Gasteiger partial charge on any atom is -0.384 e. The number of rotatable bonds is 5. The number of hydrogen-bond donors (Lipinski definition) is 3. The minimum absolute atomic E-state index is 0.0405. The van der Waals surface area contributed by atoms with E-state index in [2.05, 4.69) is 15.6 Å². The van der Waals surface area contributed by atoms with Crippen molar-refractivity contribution in [1.82, 2.24) is 15.6 Å². The second kappa shape index (κ2) is 7.72. The van der Waals surface area contributed by atoms with E-state index in [4.69, 9.17) is 4.74 Å². The van der Waals surface area contributed by atoms with E-state index in [0.29, 0.717) is 25.4 Å². The molecule has 0 bridgehead atoms. The van der Waals surface area contributed by atoms with Gasteiger partial charge in [0.05, 0.1) is 6.42 Å². The van der Waals surface area contributed by atoms with Gasteiger partial charge in [0.15, 0.2) is 0 Å². The van der Waals surface area contributed by atoms with Crippen LogP contribution >= 0.6 is 0 Å². The number of carbonyl (C=O) groups is 2. The molecule has 1 saturated heterocycles. The average Bonchev–Trinajstić information content (AvgIpc) is 3.04. The van der Waals surface area contributed by atoms with E-state index < -0.39 is 0 Å². The first-order valence-corrected chi connectivity index (χ1v) is 9.76. The molecular formula is C21H27N3O3. The van der Waals surface area contributed by atoms with Crippen LogP contribution in [0.15, 0.2) is 30.5 Å². The van der Waals surface area contributed by atoms with E-state index in [1.807, 2.05) is 30.5 Å². The van der Waals surface area contributed by atoms with Gasteiger partial charge in [0.2, 0.25) is 11.8 Å². The van der Waals surface area contributed by atoms with Crippen LogP contribution in [0, 0.1) is 11.8 Å². The molecule has 4 unspecified atom stereocenters. The van der Waals surface area contributed by atoms with Crippen molar-refractivity contribution in [3.05, 3.63) is 36.0 Å². The molecule has 0 radical (unpaired) electrons. The van der Waals surface area contributed by atoms with Crippen LogP contribution in [-0.2, 0) is 20.7 Å². The summed E-state index contributed by atoms with van der Waals surface area (Å²) in [4.78, 5) is 27.8. The van der Waals surface area contributed by atoms with E-state index >= 15 is 0 Å². The first-order chi connectivity index (χ1) is 13.1. The molecule has 2 aromatic rings. The number of para-hydroxylation sites is 1. The van der Waals surface area contributed by atoms with Crippen molar-refractivity contribution in [3.63, 3.8) is 0 Å². The van der Waals surface area contributed by atoms with Gasteiger partial charge in [-0.1, -0.05) is 18.2 Å². The number of ether oxygens (including phenoxy) is 1. The monoisotopic (exact) mass is 369 g/mol. The van der Waals surface area contributed by atoms with Gasteiger partial charge in [0, 0.05) is 49.3 Å². The third kappa shape index (κ3) is 3.86. The van der Waals surface area contributed by atoms with Crippen molar-refractivity contribution < 1.29 is 14.3 Å². The van der Waals surface area contributed by atoms with E-state index in [-0.39, 0.29) is 29.8 Å². The van der Waals surface area contributed by atoms with Gasteiger partial charge in [-0.2, -0.15) is 0 Å². The molecule has 6 nitrogen and oxygen atoms in total. The van der Waals surface area contributed by atoms with Crippen molar-refractivity contribution in [2.75, 3.05) is 13.7 Å². The second-order valence-corrected chi connectivity index (χ2v) is 7.87. The number of carbonyl (C=O) groups excluding carboxylic acids is 2. The number of methoxy groups -OCH3 is 1. The number of aromatic amines is 1. The van der Waals surface area contributed by atoms with Gasteiger partial charge in [-0.15, -0.1) is 0 Å². The Balaban J connectivity index is 1.36. The predicted octanol–water partition coefficient (Wildman–Crippen LogP) is 2.15. The van der Waals surface area contributed by atoms with Gasteiger partial charge in [-0.25, -0.2) is 0 Å². The Morgan fingerprint density at radius 3 is 3.00 bits per heavy atom. The molecule has 4 rings (SSSR count). The van der Waals surface area contributed by atoms with Gasteiger partial charge < -0.3 is 20.4 Å². The number of nitrogens with one attached hydrogen (secondary N) is 3. The lowest BCUT2D eigenvalue weighted by atomic mass is 9.71. The van der Waals surface area contributed by atoms with Crippen LogP contribution in [0.4, 0.5) is 0 Å². The highest BCUT2D eigenvalue weighted by Crippen LogP contribution is 2.35. The summed E-state index contributed by atoms with van der Waals surface area (Å²) in [5.74, 6) is 0.879. The highest BCUT2D eigenvalue weighted by atomic mass is 16.5. The maximum atomic E-state index is 12.6. The number of H-pyrrole nitrogens is 1. The van der Waals surface area contributed by atoms with E-state index in [0.717, 1.165) is 35.7 Å². The quantitative estimate of drug-likeness (QED) is 0.755. The van der Waals surface area contributed by atoms with E-state index in [9.17, 15) is 9.59 Å². The van der Waals surface area contributed by atoms with Crippen molar-refractivity contribution >= 4 is 22.7 Å². The molecule has 2 fully saturated rings. The largest absolute Gasteiger partial charge is 0.384 e. The Kier molecular flexibility index (Phi) is 5.16. The number of benzene rings is 1. The lowest BCUT2D eigenvalue weighted by Crippen LogP contribution is -2.56. The van der Waals surface area contributed by atoms with Crippen molar-refractivity contribution in [3.8, 4) is 0 Å². The average molecular weight is 369 g/mol. The molecule has 2 aliphatic rings. The van der Waals surface area contributed by atoms with Gasteiger partial charge >= 0.3 is 0 Å². The Labute approximate surface area is 159 Å². The van der Waals surface area contributed by atoms with E-state index in [1.54, 1.807) is 7.11 Å². The second-order valence-electron chi connectivity index (χ2n) is 7.87. The summed E-state index contributed by atoms with van der Waals surface area (Å²) < 4.78 is 5.31. The standard InChI is InChI=1S/C21H27N3O3/c1-27-12-14-9-21(26)24-19-10-15(6-7-17(14)19)23-20(25)8-13-11-22-18-5-3-2-4-16(13)18/h2-5,11,14-15,17,19,22H,6-10,12H2,1H3,(H,23,25)(H,24,26). The number of aromatic nitrogens is 1. The molecule has 2 amide bonds. The molecule has 1 aromatic heterocycles. The molecule has 144 valence electrons. The van der Waals surface area contributed by atoms with Gasteiger partial charge in [-0.3, -0.25) is 9.59 Å². The topological polar surface area (TPSA) is 83.2 Å². The van der Waals surface area contributed by atoms with Gasteiger partial charge in [0.1, 0.15) is 0 Å². The van der Waals surface area contributed by atoms with Gasteiger partial charge in [-0.05, 0) is 42.7 Å². The Bertz CT molecular complexity index is 831. The molecule has 0 spiro atoms. The third-order valence-electron chi connectivity index (χ3n) is 6.07. The molecule has 6 heteroatoms. The number of hydrogen-bond acceptors (Lipinski definition) is 3. The molecule has 4 atom stereocenters. The molecule has 1 aliphatic heterocycles. The smallest absolute Gasteiger partial charge is 0.224 e. The maximum absolute atomic E-state index is 12.6. The predicted molar refractivity (Wildman–Crippen MR) is 103 cm³/mol. The fourth-order valence-electron chi connectivity index (χ4n) is 4.84. The highest BCUT2D eigenvalue weighted by molar-refractivity contribution is 5.89. The fraction of sp³-hybridized carbons (Fsp3) is 0.524. The summed E-state index contributed by atoms with van der Waals surface area (Å²) in [6, 6.07) is 8.27. The number of amides is 2. The van der Waals surface area contributed by atoms with Crippen molar-refractivity contribution in [2.24, 2.45) is 11.8 Å². The summed E-state index contributed by atoms with van der Waals surface area (Å²) in [5.41, 5.74) is 2.07. The summed E-state index contributed by atoms with van der Waals surface area (Å²) in [5, 5.41) is 7.41. The zero-order valence-corrected chi connectivity index (χ0v) is 15.7. The Hall–Kier alpha value is -2.34. The summed E-state index contributed by atoms with van der Waals surface area (Å²) in [6.45, 7) is 0.631. The zero-order chi connectivity index (χ0) is 18.8. The maximum Gasteiger partial charge on any atom is 0.224 e. The van der Waals surface area contributed by atoms with Crippen LogP contribution < -0.4 is 10.6 Å². The zero-order valence-electron chi connectivity index (χ0n) is 15.7. The first kappa shape index (κ1) is 18.0. The minimum atomic E-state index is 0.0405. The third-order valence-corrected chi connectivity index (χ3v) is 6.07. The fourth-order valence-corrected chi connectivity index (χ4v) is 4.84. The lowest BCUT2D eigenvalue weighted by molar-refractivity contribution is -0.128.